The molecule has 5 rings (SSSR count). The molecule has 1 fully saturated rings. The van der Waals surface area contributed by atoms with Crippen LogP contribution in [0.15, 0.2) is 60.7 Å². The van der Waals surface area contributed by atoms with Gasteiger partial charge in [-0.2, -0.15) is 4.98 Å². The van der Waals surface area contributed by atoms with E-state index in [1.54, 1.807) is 18.2 Å². The summed E-state index contributed by atoms with van der Waals surface area (Å²) in [6.45, 7) is 2.31. The maximum Gasteiger partial charge on any atom is 0.229 e. The normalized spacial score (nSPS) is 16.2. The molecule has 6 nitrogen and oxygen atoms in total. The average Bonchev–Trinajstić information content (AvgIpc) is 2.80. The highest BCUT2D eigenvalue weighted by molar-refractivity contribution is 5.99. The van der Waals surface area contributed by atoms with Crippen molar-refractivity contribution in [3.63, 3.8) is 0 Å². The molecule has 0 spiro atoms. The smallest absolute Gasteiger partial charge is 0.229 e. The van der Waals surface area contributed by atoms with Gasteiger partial charge in [0.1, 0.15) is 17.5 Å². The van der Waals surface area contributed by atoms with E-state index in [0.717, 1.165) is 24.3 Å². The van der Waals surface area contributed by atoms with E-state index in [4.69, 9.17) is 10.5 Å². The van der Waals surface area contributed by atoms with E-state index in [1.807, 2.05) is 24.3 Å². The number of nitrogens with one attached hydrogen (secondary N) is 2. The van der Waals surface area contributed by atoms with Crippen LogP contribution in [0.25, 0.3) is 22.0 Å². The molecule has 0 amide bonds. The molecule has 162 valence electrons. The number of halogens is 2. The number of aromatic nitrogens is 2. The maximum absolute atomic E-state index is 14.5. The van der Waals surface area contributed by atoms with Crippen LogP contribution in [0.5, 0.6) is 0 Å². The minimum absolute atomic E-state index is 0.0172. The lowest BCUT2D eigenvalue weighted by Gasteiger charge is -2.24. The molecule has 0 saturated carbocycles. The molecular formula is C24H21F2N5O. The molecule has 8 heteroatoms. The number of benzene rings is 3. The zero-order valence-electron chi connectivity index (χ0n) is 17.1. The first-order valence-electron chi connectivity index (χ1n) is 10.3. The van der Waals surface area contributed by atoms with Crippen molar-refractivity contribution in [1.82, 2.24) is 15.3 Å². The molecule has 0 bridgehead atoms. The molecule has 1 saturated heterocycles. The number of rotatable bonds is 4. The first kappa shape index (κ1) is 20.3. The Bertz CT molecular complexity index is 1250. The van der Waals surface area contributed by atoms with Crippen LogP contribution in [-0.4, -0.2) is 29.7 Å². The summed E-state index contributed by atoms with van der Waals surface area (Å²) < 4.78 is 34.7. The van der Waals surface area contributed by atoms with Crippen molar-refractivity contribution < 1.29 is 13.5 Å². The van der Waals surface area contributed by atoms with Gasteiger partial charge in [-0.05, 0) is 35.9 Å². The first-order valence-corrected chi connectivity index (χ1v) is 10.3. The Morgan fingerprint density at radius 1 is 0.969 bits per heavy atom. The van der Waals surface area contributed by atoms with Gasteiger partial charge in [0.15, 0.2) is 0 Å². The van der Waals surface area contributed by atoms with Crippen molar-refractivity contribution in [1.29, 1.82) is 0 Å². The summed E-state index contributed by atoms with van der Waals surface area (Å²) in [4.78, 5) is 8.85. The summed E-state index contributed by atoms with van der Waals surface area (Å²) in [5.41, 5.74) is 8.51. The molecule has 32 heavy (non-hydrogen) atoms. The first-order chi connectivity index (χ1) is 15.6. The maximum atomic E-state index is 14.5. The Balaban J connectivity index is 1.50. The molecule has 1 aromatic heterocycles. The predicted octanol–water partition coefficient (Wildman–Crippen LogP) is 4.56. The Morgan fingerprint density at radius 3 is 2.44 bits per heavy atom. The highest BCUT2D eigenvalue weighted by Gasteiger charge is 2.18. The van der Waals surface area contributed by atoms with E-state index in [1.165, 1.54) is 18.2 Å². The second kappa shape index (κ2) is 8.49. The molecule has 0 radical (unpaired) electrons. The quantitative estimate of drug-likeness (QED) is 0.438. The third-order valence-electron chi connectivity index (χ3n) is 5.45. The van der Waals surface area contributed by atoms with E-state index in [0.29, 0.717) is 23.1 Å². The highest BCUT2D eigenvalue weighted by atomic mass is 19.1. The topological polar surface area (TPSA) is 85.1 Å². The summed E-state index contributed by atoms with van der Waals surface area (Å²) in [6.07, 6.45) is 0.0172. The zero-order chi connectivity index (χ0) is 22.1. The average molecular weight is 433 g/mol. The van der Waals surface area contributed by atoms with Crippen LogP contribution >= 0.6 is 0 Å². The Kier molecular flexibility index (Phi) is 5.38. The van der Waals surface area contributed by atoms with Gasteiger partial charge in [-0.25, -0.2) is 13.8 Å². The van der Waals surface area contributed by atoms with Gasteiger partial charge in [-0.3, -0.25) is 0 Å². The Labute approximate surface area is 183 Å². The molecule has 2 heterocycles. The summed E-state index contributed by atoms with van der Waals surface area (Å²) in [5.74, 6) is -0.879. The van der Waals surface area contributed by atoms with Crippen molar-refractivity contribution in [3.05, 3.63) is 77.9 Å². The molecule has 1 unspecified atom stereocenters. The lowest BCUT2D eigenvalue weighted by Crippen LogP contribution is -2.33. The van der Waals surface area contributed by atoms with Gasteiger partial charge in [-0.1, -0.05) is 30.3 Å². The fourth-order valence-corrected chi connectivity index (χ4v) is 3.88. The van der Waals surface area contributed by atoms with Crippen molar-refractivity contribution in [3.8, 4) is 11.1 Å². The van der Waals surface area contributed by atoms with Gasteiger partial charge in [-0.15, -0.1) is 0 Å². The standard InChI is InChI=1S/C24H21F2N5O/c25-18-5-2-6-19(26)21(18)16-3-1-4-17-22(16)30-24(31-23(17)27)29-15-9-7-14(8-10-15)20-13-28-11-12-32-20/h1-10,20,28H,11-13H2,(H3,27,29,30,31). The van der Waals surface area contributed by atoms with E-state index < -0.39 is 11.6 Å². The summed E-state index contributed by atoms with van der Waals surface area (Å²) in [5, 5.41) is 6.96. The zero-order valence-corrected chi connectivity index (χ0v) is 17.1. The molecule has 1 aliphatic heterocycles. The highest BCUT2D eigenvalue weighted by Crippen LogP contribution is 2.34. The van der Waals surface area contributed by atoms with Gasteiger partial charge in [0.2, 0.25) is 5.95 Å². The number of anilines is 3. The SMILES string of the molecule is Nc1nc(Nc2ccc(C3CNCCO3)cc2)nc2c(-c3c(F)cccc3F)cccc12. The van der Waals surface area contributed by atoms with Crippen molar-refractivity contribution in [2.24, 2.45) is 0 Å². The molecule has 4 aromatic rings. The summed E-state index contributed by atoms with van der Waals surface area (Å²) in [6, 6.07) is 16.5. The van der Waals surface area contributed by atoms with Crippen LogP contribution in [0, 0.1) is 11.6 Å². The predicted molar refractivity (Wildman–Crippen MR) is 121 cm³/mol. The molecule has 0 aliphatic carbocycles. The third-order valence-corrected chi connectivity index (χ3v) is 5.45. The van der Waals surface area contributed by atoms with Crippen LogP contribution in [-0.2, 0) is 4.74 Å². The minimum atomic E-state index is -0.667. The number of morpholine rings is 1. The lowest BCUT2D eigenvalue weighted by molar-refractivity contribution is 0.0277. The van der Waals surface area contributed by atoms with Crippen LogP contribution in [0.3, 0.4) is 0 Å². The lowest BCUT2D eigenvalue weighted by atomic mass is 10.0. The van der Waals surface area contributed by atoms with Crippen LogP contribution in [0.1, 0.15) is 11.7 Å². The number of nitrogens with zero attached hydrogens (tertiary/aromatic N) is 2. The molecule has 4 N–H and O–H groups in total. The molecular weight excluding hydrogens is 412 g/mol. The fraction of sp³-hybridized carbons (Fsp3) is 0.167. The summed E-state index contributed by atoms with van der Waals surface area (Å²) >= 11 is 0. The number of hydrogen-bond donors (Lipinski definition) is 3. The van der Waals surface area contributed by atoms with Gasteiger partial charge in [0, 0.05) is 29.7 Å². The van der Waals surface area contributed by atoms with Crippen LogP contribution in [0.2, 0.25) is 0 Å². The monoisotopic (exact) mass is 433 g/mol. The molecule has 3 aromatic carbocycles. The number of ether oxygens (including phenoxy) is 1. The number of nitrogens with two attached hydrogens (primary N) is 1. The Morgan fingerprint density at radius 2 is 1.72 bits per heavy atom. The Hall–Kier alpha value is -3.62. The van der Waals surface area contributed by atoms with E-state index in [-0.39, 0.29) is 23.4 Å². The van der Waals surface area contributed by atoms with Crippen LogP contribution < -0.4 is 16.4 Å². The number of hydrogen-bond acceptors (Lipinski definition) is 6. The van der Waals surface area contributed by atoms with E-state index in [2.05, 4.69) is 20.6 Å². The fourth-order valence-electron chi connectivity index (χ4n) is 3.88. The molecule has 1 aliphatic rings. The van der Waals surface area contributed by atoms with Gasteiger partial charge in [0.25, 0.3) is 0 Å². The minimum Gasteiger partial charge on any atom is -0.383 e. The number of nitrogen functional groups attached to an aromatic ring is 1. The van der Waals surface area contributed by atoms with Gasteiger partial charge < -0.3 is 21.1 Å². The van der Waals surface area contributed by atoms with Crippen molar-refractivity contribution in [2.75, 3.05) is 30.7 Å². The second-order valence-corrected chi connectivity index (χ2v) is 7.54. The van der Waals surface area contributed by atoms with Crippen molar-refractivity contribution >= 4 is 28.4 Å². The van der Waals surface area contributed by atoms with E-state index >= 15 is 0 Å². The molecule has 1 atom stereocenters. The van der Waals surface area contributed by atoms with Gasteiger partial charge in [0.05, 0.1) is 23.8 Å². The number of para-hydroxylation sites is 1. The van der Waals surface area contributed by atoms with E-state index in [9.17, 15) is 8.78 Å². The largest absolute Gasteiger partial charge is 0.383 e. The second-order valence-electron chi connectivity index (χ2n) is 7.54. The number of fused-ring (bicyclic) bond motifs is 1. The van der Waals surface area contributed by atoms with Crippen LogP contribution in [0.4, 0.5) is 26.2 Å². The third kappa shape index (κ3) is 3.86. The van der Waals surface area contributed by atoms with Gasteiger partial charge >= 0.3 is 0 Å². The summed E-state index contributed by atoms with van der Waals surface area (Å²) in [7, 11) is 0. The van der Waals surface area contributed by atoms with Crippen molar-refractivity contribution in [2.45, 2.75) is 6.10 Å².